The molecule has 148 valence electrons. The van der Waals surface area contributed by atoms with Crippen molar-refractivity contribution in [3.05, 3.63) is 64.7 Å². The first-order chi connectivity index (χ1) is 13.6. The van der Waals surface area contributed by atoms with Crippen LogP contribution in [0.5, 0.6) is 0 Å². The Morgan fingerprint density at radius 3 is 2.64 bits per heavy atom. The highest BCUT2D eigenvalue weighted by Gasteiger charge is 2.34. The molecule has 2 saturated heterocycles. The fourth-order valence-electron chi connectivity index (χ4n) is 4.26. The molecule has 2 heterocycles. The second-order valence-electron chi connectivity index (χ2n) is 7.83. The zero-order valence-electron chi connectivity index (χ0n) is 16.1. The van der Waals surface area contributed by atoms with Gasteiger partial charge in [-0.1, -0.05) is 53.6 Å². The van der Waals surface area contributed by atoms with Gasteiger partial charge >= 0.3 is 6.03 Å². The molecule has 2 aromatic rings. The van der Waals surface area contributed by atoms with E-state index >= 15 is 0 Å². The van der Waals surface area contributed by atoms with Crippen LogP contribution in [0.1, 0.15) is 36.4 Å². The summed E-state index contributed by atoms with van der Waals surface area (Å²) in [6.45, 7) is 3.68. The molecule has 5 nitrogen and oxygen atoms in total. The maximum atomic E-state index is 12.5. The number of aryl methyl sites for hydroxylation is 1. The second kappa shape index (κ2) is 8.52. The van der Waals surface area contributed by atoms with Gasteiger partial charge in [0.25, 0.3) is 0 Å². The van der Waals surface area contributed by atoms with E-state index in [9.17, 15) is 4.79 Å². The molecule has 2 unspecified atom stereocenters. The Kier molecular flexibility index (Phi) is 5.85. The Morgan fingerprint density at radius 2 is 1.89 bits per heavy atom. The van der Waals surface area contributed by atoms with Crippen molar-refractivity contribution in [2.24, 2.45) is 5.92 Å². The second-order valence-corrected chi connectivity index (χ2v) is 8.24. The number of anilines is 1. The van der Waals surface area contributed by atoms with Gasteiger partial charge in [-0.3, -0.25) is 10.9 Å². The van der Waals surface area contributed by atoms with Crippen molar-refractivity contribution >= 4 is 23.3 Å². The number of amides is 2. The lowest BCUT2D eigenvalue weighted by molar-refractivity contribution is 0.169. The predicted molar refractivity (Wildman–Crippen MR) is 113 cm³/mol. The molecule has 0 spiro atoms. The normalized spacial score (nSPS) is 23.0. The van der Waals surface area contributed by atoms with E-state index < -0.39 is 0 Å². The van der Waals surface area contributed by atoms with Crippen molar-refractivity contribution in [2.45, 2.75) is 38.3 Å². The van der Waals surface area contributed by atoms with E-state index in [1.807, 2.05) is 23.1 Å². The van der Waals surface area contributed by atoms with Crippen molar-refractivity contribution in [1.29, 1.82) is 0 Å². The van der Waals surface area contributed by atoms with E-state index in [2.05, 4.69) is 47.4 Å². The molecule has 2 amide bonds. The average Bonchev–Trinajstić information content (AvgIpc) is 3.20. The molecule has 2 aliphatic heterocycles. The quantitative estimate of drug-likeness (QED) is 0.713. The maximum absolute atomic E-state index is 12.5. The Hall–Kier alpha value is -2.08. The number of urea groups is 1. The summed E-state index contributed by atoms with van der Waals surface area (Å²) in [7, 11) is 0. The van der Waals surface area contributed by atoms with E-state index in [-0.39, 0.29) is 6.03 Å². The number of nitrogens with zero attached hydrogens (tertiary/aromatic N) is 1. The molecule has 2 fully saturated rings. The molecule has 0 saturated carbocycles. The third-order valence-electron chi connectivity index (χ3n) is 5.89. The number of hydrogen-bond donors (Lipinski definition) is 3. The Morgan fingerprint density at radius 1 is 1.11 bits per heavy atom. The number of carbonyl (C=O) groups excluding carboxylic acids is 1. The molecule has 2 aliphatic rings. The van der Waals surface area contributed by atoms with Crippen LogP contribution in [0.4, 0.5) is 10.5 Å². The molecule has 4 rings (SSSR count). The minimum Gasteiger partial charge on any atom is -0.325 e. The first-order valence-corrected chi connectivity index (χ1v) is 10.4. The number of rotatable bonds is 3. The summed E-state index contributed by atoms with van der Waals surface area (Å²) in [4.78, 5) is 14.4. The molecule has 0 radical (unpaired) electrons. The van der Waals surface area contributed by atoms with Gasteiger partial charge in [0.05, 0.1) is 10.7 Å². The lowest BCUT2D eigenvalue weighted by Gasteiger charge is -2.34. The van der Waals surface area contributed by atoms with Gasteiger partial charge in [-0.15, -0.1) is 0 Å². The van der Waals surface area contributed by atoms with Crippen LogP contribution in [0.15, 0.2) is 48.5 Å². The van der Waals surface area contributed by atoms with Crippen molar-refractivity contribution in [3.63, 3.8) is 0 Å². The lowest BCUT2D eigenvalue weighted by atomic mass is 9.86. The summed E-state index contributed by atoms with van der Waals surface area (Å²) in [6, 6.07) is 16.8. The SMILES string of the molecule is Cc1cccc(C2CC(C3CCN(C(=O)Nc4ccccc4Cl)CC3)NN2)c1. The molecular weight excluding hydrogens is 372 g/mol. The zero-order valence-corrected chi connectivity index (χ0v) is 16.9. The lowest BCUT2D eigenvalue weighted by Crippen LogP contribution is -2.45. The van der Waals surface area contributed by atoms with Gasteiger partial charge in [-0.25, -0.2) is 4.79 Å². The highest BCUT2D eigenvalue weighted by atomic mass is 35.5. The molecule has 0 bridgehead atoms. The molecule has 2 aromatic carbocycles. The Balaban J connectivity index is 1.29. The van der Waals surface area contributed by atoms with E-state index in [0.29, 0.717) is 28.7 Å². The summed E-state index contributed by atoms with van der Waals surface area (Å²) in [5.41, 5.74) is 10.3. The largest absolute Gasteiger partial charge is 0.325 e. The summed E-state index contributed by atoms with van der Waals surface area (Å²) in [5, 5.41) is 3.49. The van der Waals surface area contributed by atoms with Crippen molar-refractivity contribution in [3.8, 4) is 0 Å². The minimum atomic E-state index is -0.0679. The highest BCUT2D eigenvalue weighted by Crippen LogP contribution is 2.31. The number of hydrazine groups is 1. The van der Waals surface area contributed by atoms with Crippen molar-refractivity contribution in [1.82, 2.24) is 15.8 Å². The van der Waals surface area contributed by atoms with Crippen LogP contribution in [0.2, 0.25) is 5.02 Å². The van der Waals surface area contributed by atoms with Gasteiger partial charge in [-0.05, 0) is 49.8 Å². The number of halogens is 1. The van der Waals surface area contributed by atoms with Crippen LogP contribution in [0, 0.1) is 12.8 Å². The van der Waals surface area contributed by atoms with Gasteiger partial charge in [-0.2, -0.15) is 0 Å². The summed E-state index contributed by atoms with van der Waals surface area (Å²) >= 11 is 6.14. The van der Waals surface area contributed by atoms with Gasteiger partial charge in [0, 0.05) is 25.2 Å². The number of nitrogens with one attached hydrogen (secondary N) is 3. The van der Waals surface area contributed by atoms with Gasteiger partial charge < -0.3 is 10.2 Å². The third kappa shape index (κ3) is 4.32. The number of piperidine rings is 1. The van der Waals surface area contributed by atoms with Gasteiger partial charge in [0.2, 0.25) is 0 Å². The third-order valence-corrected chi connectivity index (χ3v) is 6.22. The summed E-state index contributed by atoms with van der Waals surface area (Å²) in [6.07, 6.45) is 3.10. The zero-order chi connectivity index (χ0) is 19.5. The number of hydrogen-bond acceptors (Lipinski definition) is 3. The van der Waals surface area contributed by atoms with E-state index in [1.54, 1.807) is 6.07 Å². The van der Waals surface area contributed by atoms with Gasteiger partial charge in [0.15, 0.2) is 0 Å². The molecule has 3 N–H and O–H groups in total. The van der Waals surface area contributed by atoms with E-state index in [1.165, 1.54) is 11.1 Å². The number of carbonyl (C=O) groups is 1. The van der Waals surface area contributed by atoms with E-state index in [4.69, 9.17) is 11.6 Å². The van der Waals surface area contributed by atoms with Crippen LogP contribution in [0.3, 0.4) is 0 Å². The molecule has 0 aromatic heterocycles. The molecule has 6 heteroatoms. The van der Waals surface area contributed by atoms with Crippen LogP contribution in [0.25, 0.3) is 0 Å². The number of para-hydroxylation sites is 1. The maximum Gasteiger partial charge on any atom is 0.321 e. The van der Waals surface area contributed by atoms with E-state index in [0.717, 1.165) is 32.4 Å². The molecule has 28 heavy (non-hydrogen) atoms. The van der Waals surface area contributed by atoms with Crippen molar-refractivity contribution < 1.29 is 4.79 Å². The minimum absolute atomic E-state index is 0.0679. The average molecular weight is 399 g/mol. The van der Waals surface area contributed by atoms with Crippen LogP contribution in [-0.2, 0) is 0 Å². The topological polar surface area (TPSA) is 56.4 Å². The number of benzene rings is 2. The molecular formula is C22H27ClN4O. The predicted octanol–water partition coefficient (Wildman–Crippen LogP) is 4.50. The monoisotopic (exact) mass is 398 g/mol. The first-order valence-electron chi connectivity index (χ1n) is 9.98. The standard InChI is InChI=1S/C22H27ClN4O/c1-15-5-4-6-17(13-15)21-14-20(25-26-21)16-9-11-27(12-10-16)22(28)24-19-8-3-2-7-18(19)23/h2-8,13,16,20-21,25-26H,9-12,14H2,1H3,(H,24,28). The summed E-state index contributed by atoms with van der Waals surface area (Å²) < 4.78 is 0. The van der Waals surface area contributed by atoms with Crippen molar-refractivity contribution in [2.75, 3.05) is 18.4 Å². The first kappa shape index (κ1) is 19.2. The highest BCUT2D eigenvalue weighted by molar-refractivity contribution is 6.33. The van der Waals surface area contributed by atoms with Crippen LogP contribution >= 0.6 is 11.6 Å². The fraction of sp³-hybridized carbons (Fsp3) is 0.409. The molecule has 2 atom stereocenters. The Bertz CT molecular complexity index is 835. The molecule has 0 aliphatic carbocycles. The Labute approximate surface area is 171 Å². The summed E-state index contributed by atoms with van der Waals surface area (Å²) in [5.74, 6) is 0.576. The van der Waals surface area contributed by atoms with Crippen LogP contribution in [-0.4, -0.2) is 30.1 Å². The number of likely N-dealkylation sites (tertiary alicyclic amines) is 1. The smallest absolute Gasteiger partial charge is 0.321 e. The fourth-order valence-corrected chi connectivity index (χ4v) is 4.44. The van der Waals surface area contributed by atoms with Gasteiger partial charge in [0.1, 0.15) is 0 Å². The van der Waals surface area contributed by atoms with Crippen LogP contribution < -0.4 is 16.2 Å².